The molecule has 0 bridgehead atoms. The molecule has 0 aromatic carbocycles. The summed E-state index contributed by atoms with van der Waals surface area (Å²) in [5.74, 6) is 0. The summed E-state index contributed by atoms with van der Waals surface area (Å²) < 4.78 is 0. The topological polar surface area (TPSA) is 34.1 Å². The van der Waals surface area contributed by atoms with Gasteiger partial charge in [-0.15, -0.1) is 0 Å². The van der Waals surface area contributed by atoms with Crippen LogP contribution in [-0.4, -0.2) is 12.6 Å². The van der Waals surface area contributed by atoms with Crippen molar-refractivity contribution in [3.8, 4) is 0 Å². The minimum Gasteiger partial charge on any atom is -0.303 e. The van der Waals surface area contributed by atoms with Crippen molar-refractivity contribution in [2.45, 2.75) is 89.9 Å². The van der Waals surface area contributed by atoms with Crippen LogP contribution >= 0.6 is 0 Å². The van der Waals surface area contributed by atoms with Crippen LogP contribution in [-0.2, 0) is 9.59 Å². The first kappa shape index (κ1) is 19.1. The number of unbranched alkanes of at least 4 members (excludes halogenated alkanes) is 12. The molecule has 0 amide bonds. The van der Waals surface area contributed by atoms with Gasteiger partial charge in [0.15, 0.2) is 0 Å². The van der Waals surface area contributed by atoms with E-state index in [1.54, 1.807) is 0 Å². The van der Waals surface area contributed by atoms with E-state index >= 15 is 0 Å². The fourth-order valence-corrected chi connectivity index (χ4v) is 2.28. The molecule has 0 aromatic rings. The van der Waals surface area contributed by atoms with Crippen molar-refractivity contribution < 1.29 is 9.59 Å². The first-order valence-corrected chi connectivity index (χ1v) is 8.44. The van der Waals surface area contributed by atoms with Gasteiger partial charge in [-0.25, -0.2) is 0 Å². The second kappa shape index (κ2) is 18.1. The SMILES string of the molecule is O=CCCCCCCCC=CCCCCCCCC=O. The predicted molar refractivity (Wildman–Crippen MR) is 85.9 cm³/mol. The third-order valence-electron chi connectivity index (χ3n) is 3.55. The molecule has 0 spiro atoms. The fourth-order valence-electron chi connectivity index (χ4n) is 2.28. The maximum atomic E-state index is 10.1. The molecule has 0 N–H and O–H groups in total. The number of rotatable bonds is 16. The van der Waals surface area contributed by atoms with Gasteiger partial charge in [0.2, 0.25) is 0 Å². The third kappa shape index (κ3) is 17.1. The van der Waals surface area contributed by atoms with E-state index in [9.17, 15) is 9.59 Å². The van der Waals surface area contributed by atoms with Crippen LogP contribution in [0.2, 0.25) is 0 Å². The molecule has 0 unspecified atom stereocenters. The minimum absolute atomic E-state index is 0.731. The summed E-state index contributed by atoms with van der Waals surface area (Å²) in [5, 5.41) is 0. The summed E-state index contributed by atoms with van der Waals surface area (Å²) in [5.41, 5.74) is 0. The zero-order valence-electron chi connectivity index (χ0n) is 13.0. The molecule has 2 nitrogen and oxygen atoms in total. The van der Waals surface area contributed by atoms with Gasteiger partial charge in [-0.2, -0.15) is 0 Å². The van der Waals surface area contributed by atoms with Crippen molar-refractivity contribution >= 4 is 12.6 Å². The van der Waals surface area contributed by atoms with Gasteiger partial charge in [0.25, 0.3) is 0 Å². The van der Waals surface area contributed by atoms with E-state index in [0.29, 0.717) is 0 Å². The Kier molecular flexibility index (Phi) is 17.2. The van der Waals surface area contributed by atoms with Crippen LogP contribution in [0.3, 0.4) is 0 Å². The van der Waals surface area contributed by atoms with Crippen molar-refractivity contribution in [1.82, 2.24) is 0 Å². The van der Waals surface area contributed by atoms with E-state index in [1.165, 1.54) is 64.2 Å². The monoisotopic (exact) mass is 280 g/mol. The number of allylic oxidation sites excluding steroid dienone is 2. The minimum atomic E-state index is 0.731. The normalized spacial score (nSPS) is 11.0. The average molecular weight is 280 g/mol. The summed E-state index contributed by atoms with van der Waals surface area (Å²) in [6.45, 7) is 0. The Balaban J connectivity index is 3.05. The quantitative estimate of drug-likeness (QED) is 0.215. The van der Waals surface area contributed by atoms with Crippen LogP contribution in [0.5, 0.6) is 0 Å². The summed E-state index contributed by atoms with van der Waals surface area (Å²) >= 11 is 0. The second-order valence-electron chi connectivity index (χ2n) is 5.49. The van der Waals surface area contributed by atoms with E-state index in [-0.39, 0.29) is 0 Å². The highest BCUT2D eigenvalue weighted by Crippen LogP contribution is 2.09. The van der Waals surface area contributed by atoms with Gasteiger partial charge in [-0.3, -0.25) is 0 Å². The molecule has 0 aliphatic carbocycles. The van der Waals surface area contributed by atoms with Gasteiger partial charge in [0, 0.05) is 12.8 Å². The molecular formula is C18H32O2. The van der Waals surface area contributed by atoms with Crippen molar-refractivity contribution in [2.75, 3.05) is 0 Å². The molecule has 0 aromatic heterocycles. The highest BCUT2D eigenvalue weighted by atomic mass is 16.1. The highest BCUT2D eigenvalue weighted by molar-refractivity contribution is 5.49. The number of hydrogen-bond acceptors (Lipinski definition) is 2. The van der Waals surface area contributed by atoms with Crippen LogP contribution < -0.4 is 0 Å². The molecule has 2 heteroatoms. The molecular weight excluding hydrogens is 248 g/mol. The van der Waals surface area contributed by atoms with Crippen LogP contribution in [0.15, 0.2) is 12.2 Å². The highest BCUT2D eigenvalue weighted by Gasteiger charge is 1.91. The van der Waals surface area contributed by atoms with Crippen LogP contribution in [0.4, 0.5) is 0 Å². The maximum Gasteiger partial charge on any atom is 0.119 e. The van der Waals surface area contributed by atoms with Crippen molar-refractivity contribution in [3.05, 3.63) is 12.2 Å². The molecule has 0 fully saturated rings. The maximum absolute atomic E-state index is 10.1. The van der Waals surface area contributed by atoms with Crippen molar-refractivity contribution in [1.29, 1.82) is 0 Å². The first-order chi connectivity index (χ1) is 9.91. The summed E-state index contributed by atoms with van der Waals surface area (Å²) in [4.78, 5) is 20.3. The Bertz CT molecular complexity index is 210. The van der Waals surface area contributed by atoms with Crippen LogP contribution in [0.1, 0.15) is 89.9 Å². The standard InChI is InChI=1S/C18H32O2/c19-17-15-13-11-9-7-5-3-1-2-4-6-8-10-12-14-16-18-20/h1-2,17-18H,3-16H2. The summed E-state index contributed by atoms with van der Waals surface area (Å²) in [6, 6.07) is 0. The Hall–Kier alpha value is -0.920. The lowest BCUT2D eigenvalue weighted by Crippen LogP contribution is -1.81. The molecule has 0 atom stereocenters. The van der Waals surface area contributed by atoms with Crippen LogP contribution in [0, 0.1) is 0 Å². The number of carbonyl (C=O) groups excluding carboxylic acids is 2. The lowest BCUT2D eigenvalue weighted by Gasteiger charge is -1.98. The van der Waals surface area contributed by atoms with Gasteiger partial charge in [-0.05, 0) is 38.5 Å². The summed E-state index contributed by atoms with van der Waals surface area (Å²) in [7, 11) is 0. The van der Waals surface area contributed by atoms with Gasteiger partial charge >= 0.3 is 0 Å². The van der Waals surface area contributed by atoms with Crippen molar-refractivity contribution in [2.24, 2.45) is 0 Å². The Labute approximate surface area is 125 Å². The zero-order valence-corrected chi connectivity index (χ0v) is 13.0. The van der Waals surface area contributed by atoms with E-state index in [2.05, 4.69) is 12.2 Å². The lowest BCUT2D eigenvalue weighted by atomic mass is 10.1. The van der Waals surface area contributed by atoms with Gasteiger partial charge in [-0.1, -0.05) is 50.7 Å². The van der Waals surface area contributed by atoms with Gasteiger partial charge < -0.3 is 9.59 Å². The zero-order chi connectivity index (χ0) is 14.7. The molecule has 116 valence electrons. The van der Waals surface area contributed by atoms with Gasteiger partial charge in [0.1, 0.15) is 12.6 Å². The number of hydrogen-bond donors (Lipinski definition) is 0. The molecule has 0 aliphatic rings. The fraction of sp³-hybridized carbons (Fsp3) is 0.778. The van der Waals surface area contributed by atoms with E-state index < -0.39 is 0 Å². The molecule has 0 aliphatic heterocycles. The molecule has 0 saturated heterocycles. The van der Waals surface area contributed by atoms with E-state index in [4.69, 9.17) is 0 Å². The number of aldehydes is 2. The largest absolute Gasteiger partial charge is 0.303 e. The van der Waals surface area contributed by atoms with Crippen LogP contribution in [0.25, 0.3) is 0 Å². The molecule has 20 heavy (non-hydrogen) atoms. The first-order valence-electron chi connectivity index (χ1n) is 8.44. The average Bonchev–Trinajstić information content (AvgIpc) is 2.47. The molecule has 0 radical (unpaired) electrons. The molecule has 0 saturated carbocycles. The predicted octanol–water partition coefficient (Wildman–Crippen LogP) is 5.40. The number of carbonyl (C=O) groups is 2. The smallest absolute Gasteiger partial charge is 0.119 e. The lowest BCUT2D eigenvalue weighted by molar-refractivity contribution is -0.108. The Morgan fingerprint density at radius 1 is 0.400 bits per heavy atom. The Morgan fingerprint density at radius 3 is 1.05 bits per heavy atom. The third-order valence-corrected chi connectivity index (χ3v) is 3.55. The Morgan fingerprint density at radius 2 is 0.700 bits per heavy atom. The molecule has 0 rings (SSSR count). The van der Waals surface area contributed by atoms with Gasteiger partial charge in [0.05, 0.1) is 0 Å². The molecule has 0 heterocycles. The second-order valence-corrected chi connectivity index (χ2v) is 5.49. The van der Waals surface area contributed by atoms with E-state index in [0.717, 1.165) is 38.3 Å². The summed E-state index contributed by atoms with van der Waals surface area (Å²) in [6.07, 6.45) is 22.7. The van der Waals surface area contributed by atoms with E-state index in [1.807, 2.05) is 0 Å². The van der Waals surface area contributed by atoms with Crippen molar-refractivity contribution in [3.63, 3.8) is 0 Å².